The van der Waals surface area contributed by atoms with Gasteiger partial charge in [-0.1, -0.05) is 18.6 Å². The van der Waals surface area contributed by atoms with Gasteiger partial charge in [-0.2, -0.15) is 0 Å². The standard InChI is InChI=1S/C22H28O4/c1-13(23)26-12-21(25)20-8-7-19-18-5-3-14-11-15(24)4-6-16(14)17(18)9-10-22(19,20)2/h8,11,16-19H,3-7,9-10,12H2,1-2H3/t16-,17+,18+,19-,22-/m0/s1. The molecule has 5 atom stereocenters. The van der Waals surface area contributed by atoms with Crippen LogP contribution in [-0.4, -0.2) is 24.1 Å². The lowest BCUT2D eigenvalue weighted by molar-refractivity contribution is -0.145. The van der Waals surface area contributed by atoms with Crippen molar-refractivity contribution in [3.05, 3.63) is 23.3 Å². The fourth-order valence-electron chi connectivity index (χ4n) is 6.43. The van der Waals surface area contributed by atoms with Crippen LogP contribution in [0.25, 0.3) is 0 Å². The number of carbonyl (C=O) groups excluding carboxylic acids is 3. The molecule has 0 saturated heterocycles. The van der Waals surface area contributed by atoms with Crippen molar-refractivity contribution >= 4 is 17.5 Å². The summed E-state index contributed by atoms with van der Waals surface area (Å²) in [6.45, 7) is 3.46. The van der Waals surface area contributed by atoms with Gasteiger partial charge in [-0.15, -0.1) is 0 Å². The SMILES string of the molecule is CC(=O)OCC(=O)C1=CC[C@H]2[C@@H]3CCC4=CC(=O)CC[C@@H]4[C@H]3CC[C@]12C. The fourth-order valence-corrected chi connectivity index (χ4v) is 6.43. The van der Waals surface area contributed by atoms with Crippen molar-refractivity contribution in [2.75, 3.05) is 6.61 Å². The Morgan fingerprint density at radius 1 is 1.19 bits per heavy atom. The Bertz CT molecular complexity index is 716. The van der Waals surface area contributed by atoms with Crippen LogP contribution in [0, 0.1) is 29.1 Å². The second-order valence-corrected chi connectivity index (χ2v) is 8.82. The fraction of sp³-hybridized carbons (Fsp3) is 0.682. The first kappa shape index (κ1) is 17.7. The summed E-state index contributed by atoms with van der Waals surface area (Å²) in [5.74, 6) is 2.27. The molecule has 0 radical (unpaired) electrons. The van der Waals surface area contributed by atoms with Gasteiger partial charge in [-0.05, 0) is 73.7 Å². The highest BCUT2D eigenvalue weighted by Crippen LogP contribution is 2.61. The summed E-state index contributed by atoms with van der Waals surface area (Å²) in [5.41, 5.74) is 2.20. The first-order valence-corrected chi connectivity index (χ1v) is 10.0. The molecule has 4 aliphatic carbocycles. The quantitative estimate of drug-likeness (QED) is 0.722. The van der Waals surface area contributed by atoms with Crippen molar-refractivity contribution in [1.82, 2.24) is 0 Å². The van der Waals surface area contributed by atoms with Gasteiger partial charge in [-0.3, -0.25) is 14.4 Å². The average Bonchev–Trinajstić information content (AvgIpc) is 2.96. The van der Waals surface area contributed by atoms with Crippen LogP contribution in [0.3, 0.4) is 0 Å². The summed E-state index contributed by atoms with van der Waals surface area (Å²) in [6, 6.07) is 0. The first-order chi connectivity index (χ1) is 12.4. The van der Waals surface area contributed by atoms with Crippen molar-refractivity contribution in [2.45, 2.75) is 58.8 Å². The van der Waals surface area contributed by atoms with Gasteiger partial charge >= 0.3 is 5.97 Å². The number of allylic oxidation sites excluding steroid dienone is 3. The predicted molar refractivity (Wildman–Crippen MR) is 97.2 cm³/mol. The van der Waals surface area contributed by atoms with E-state index >= 15 is 0 Å². The van der Waals surface area contributed by atoms with E-state index in [0.29, 0.717) is 35.9 Å². The van der Waals surface area contributed by atoms with E-state index in [2.05, 4.69) is 13.0 Å². The van der Waals surface area contributed by atoms with E-state index in [1.807, 2.05) is 6.08 Å². The van der Waals surface area contributed by atoms with Gasteiger partial charge in [0, 0.05) is 18.9 Å². The number of ketones is 2. The maximum Gasteiger partial charge on any atom is 0.303 e. The van der Waals surface area contributed by atoms with E-state index in [-0.39, 0.29) is 17.8 Å². The molecule has 0 heterocycles. The van der Waals surface area contributed by atoms with Crippen LogP contribution in [0.5, 0.6) is 0 Å². The third-order valence-corrected chi connectivity index (χ3v) is 7.59. The Balaban J connectivity index is 1.52. The molecule has 0 N–H and O–H groups in total. The zero-order valence-electron chi connectivity index (χ0n) is 15.8. The van der Waals surface area contributed by atoms with Crippen molar-refractivity contribution < 1.29 is 19.1 Å². The highest BCUT2D eigenvalue weighted by atomic mass is 16.5. The Morgan fingerprint density at radius 3 is 2.77 bits per heavy atom. The lowest BCUT2D eigenvalue weighted by Gasteiger charge is -2.53. The van der Waals surface area contributed by atoms with Gasteiger partial charge in [-0.25, -0.2) is 0 Å². The third kappa shape index (κ3) is 2.78. The number of Topliss-reactive ketones (excluding diaryl/α,β-unsaturated/α-hetero) is 1. The van der Waals surface area contributed by atoms with E-state index < -0.39 is 5.97 Å². The molecular weight excluding hydrogens is 328 g/mol. The van der Waals surface area contributed by atoms with Crippen molar-refractivity contribution in [3.63, 3.8) is 0 Å². The maximum absolute atomic E-state index is 12.6. The molecule has 4 nitrogen and oxygen atoms in total. The molecule has 26 heavy (non-hydrogen) atoms. The minimum Gasteiger partial charge on any atom is -0.457 e. The van der Waals surface area contributed by atoms with E-state index in [0.717, 1.165) is 44.1 Å². The molecule has 0 spiro atoms. The number of hydrogen-bond donors (Lipinski definition) is 0. The minimum absolute atomic E-state index is 0.0247. The average molecular weight is 356 g/mol. The van der Waals surface area contributed by atoms with Crippen LogP contribution in [-0.2, 0) is 19.1 Å². The number of ether oxygens (including phenoxy) is 1. The number of fused-ring (bicyclic) bond motifs is 5. The number of esters is 1. The normalized spacial score (nSPS) is 38.5. The van der Waals surface area contributed by atoms with E-state index in [1.165, 1.54) is 12.5 Å². The van der Waals surface area contributed by atoms with Crippen LogP contribution in [0.2, 0.25) is 0 Å². The summed E-state index contributed by atoms with van der Waals surface area (Å²) in [5, 5.41) is 0. The molecule has 0 aromatic heterocycles. The van der Waals surface area contributed by atoms with Crippen LogP contribution in [0.15, 0.2) is 23.3 Å². The number of hydrogen-bond acceptors (Lipinski definition) is 4. The molecule has 0 aromatic carbocycles. The third-order valence-electron chi connectivity index (χ3n) is 7.59. The summed E-state index contributed by atoms with van der Waals surface area (Å²) in [7, 11) is 0. The largest absolute Gasteiger partial charge is 0.457 e. The molecule has 0 aromatic rings. The molecule has 2 saturated carbocycles. The minimum atomic E-state index is -0.402. The molecule has 4 aliphatic rings. The van der Waals surface area contributed by atoms with Crippen molar-refractivity contribution in [1.29, 1.82) is 0 Å². The molecule has 4 rings (SSSR count). The van der Waals surface area contributed by atoms with Gasteiger partial charge < -0.3 is 4.74 Å². The van der Waals surface area contributed by atoms with Crippen LogP contribution in [0.4, 0.5) is 0 Å². The van der Waals surface area contributed by atoms with Crippen molar-refractivity contribution in [3.8, 4) is 0 Å². The molecule has 0 unspecified atom stereocenters. The monoisotopic (exact) mass is 356 g/mol. The number of rotatable bonds is 3. The highest BCUT2D eigenvalue weighted by molar-refractivity contribution is 5.99. The Morgan fingerprint density at radius 2 is 2.00 bits per heavy atom. The van der Waals surface area contributed by atoms with E-state index in [9.17, 15) is 14.4 Å². The molecule has 0 bridgehead atoms. The molecule has 0 aliphatic heterocycles. The van der Waals surface area contributed by atoms with Gasteiger partial charge in [0.2, 0.25) is 0 Å². The van der Waals surface area contributed by atoms with Crippen LogP contribution in [0.1, 0.15) is 58.8 Å². The van der Waals surface area contributed by atoms with Crippen molar-refractivity contribution in [2.24, 2.45) is 29.1 Å². The highest BCUT2D eigenvalue weighted by Gasteiger charge is 2.54. The lowest BCUT2D eigenvalue weighted by atomic mass is 9.51. The zero-order chi connectivity index (χ0) is 18.5. The summed E-state index contributed by atoms with van der Waals surface area (Å²) < 4.78 is 4.96. The molecule has 140 valence electrons. The Labute approximate surface area is 155 Å². The predicted octanol–water partition coefficient (Wildman–Crippen LogP) is 3.80. The maximum atomic E-state index is 12.6. The topological polar surface area (TPSA) is 60.4 Å². The second-order valence-electron chi connectivity index (χ2n) is 8.82. The Kier molecular flexibility index (Phi) is 4.40. The van der Waals surface area contributed by atoms with Crippen LogP contribution >= 0.6 is 0 Å². The zero-order valence-corrected chi connectivity index (χ0v) is 15.8. The lowest BCUT2D eigenvalue weighted by Crippen LogP contribution is -2.46. The molecular formula is C22H28O4. The van der Waals surface area contributed by atoms with E-state index in [4.69, 9.17) is 4.74 Å². The van der Waals surface area contributed by atoms with Gasteiger partial charge in [0.15, 0.2) is 18.2 Å². The second kappa shape index (κ2) is 6.47. The summed E-state index contributed by atoms with van der Waals surface area (Å²) >= 11 is 0. The van der Waals surface area contributed by atoms with E-state index in [1.54, 1.807) is 0 Å². The van der Waals surface area contributed by atoms with Gasteiger partial charge in [0.05, 0.1) is 0 Å². The number of carbonyl (C=O) groups is 3. The Hall–Kier alpha value is -1.71. The molecule has 0 amide bonds. The summed E-state index contributed by atoms with van der Waals surface area (Å²) in [6.07, 6.45) is 11.1. The first-order valence-electron chi connectivity index (χ1n) is 10.0. The smallest absolute Gasteiger partial charge is 0.303 e. The molecule has 2 fully saturated rings. The molecule has 4 heteroatoms. The van der Waals surface area contributed by atoms with Gasteiger partial charge in [0.25, 0.3) is 0 Å². The summed E-state index contributed by atoms with van der Waals surface area (Å²) in [4.78, 5) is 35.5. The van der Waals surface area contributed by atoms with Crippen LogP contribution < -0.4 is 0 Å². The van der Waals surface area contributed by atoms with Gasteiger partial charge in [0.1, 0.15) is 0 Å².